The molecule has 0 radical (unpaired) electrons. The third-order valence-corrected chi connectivity index (χ3v) is 2.88. The molecule has 0 fully saturated rings. The maximum absolute atomic E-state index is 11.7. The van der Waals surface area contributed by atoms with Crippen LogP contribution in [0.4, 0.5) is 5.69 Å². The van der Waals surface area contributed by atoms with Crippen LogP contribution in [0.5, 0.6) is 0 Å². The predicted molar refractivity (Wildman–Crippen MR) is 86.7 cm³/mol. The fraction of sp³-hybridized carbons (Fsp3) is 0.0625. The van der Waals surface area contributed by atoms with Gasteiger partial charge in [-0.2, -0.15) is 0 Å². The zero-order valence-electron chi connectivity index (χ0n) is 12.2. The van der Waals surface area contributed by atoms with Crippen molar-refractivity contribution >= 4 is 23.3 Å². The Hall–Kier alpha value is -3.35. The third kappa shape index (κ3) is 4.85. The van der Waals surface area contributed by atoms with Crippen molar-refractivity contribution in [1.29, 1.82) is 0 Å². The van der Waals surface area contributed by atoms with E-state index in [-0.39, 0.29) is 12.4 Å². The van der Waals surface area contributed by atoms with E-state index in [1.165, 1.54) is 12.1 Å². The molecule has 0 heterocycles. The first-order chi connectivity index (χ1) is 11.1. The molecule has 5 N–H and O–H groups in total. The van der Waals surface area contributed by atoms with Gasteiger partial charge in [0.15, 0.2) is 12.4 Å². The molecule has 0 atom stereocenters. The monoisotopic (exact) mass is 312 g/mol. The van der Waals surface area contributed by atoms with Crippen LogP contribution in [-0.4, -0.2) is 24.3 Å². The Balaban J connectivity index is 1.84. The van der Waals surface area contributed by atoms with E-state index in [9.17, 15) is 9.59 Å². The number of primary amides is 1. The topological polar surface area (TPSA) is 120 Å². The zero-order chi connectivity index (χ0) is 16.7. The maximum atomic E-state index is 11.7. The van der Waals surface area contributed by atoms with Crippen LogP contribution in [0.2, 0.25) is 0 Å². The number of anilines is 1. The van der Waals surface area contributed by atoms with E-state index in [1.54, 1.807) is 24.3 Å². The second-order valence-corrected chi connectivity index (χ2v) is 4.61. The molecular formula is C16H16N4O3. The molecule has 7 nitrogen and oxygen atoms in total. The zero-order valence-corrected chi connectivity index (χ0v) is 12.2. The van der Waals surface area contributed by atoms with Crippen molar-refractivity contribution in [1.82, 2.24) is 0 Å². The summed E-state index contributed by atoms with van der Waals surface area (Å²) in [5.41, 5.74) is 12.4. The summed E-state index contributed by atoms with van der Waals surface area (Å²) in [5.74, 6) is -0.748. The predicted octanol–water partition coefficient (Wildman–Crippen LogP) is 1.06. The van der Waals surface area contributed by atoms with Crippen molar-refractivity contribution in [2.75, 3.05) is 11.9 Å². The lowest BCUT2D eigenvalue weighted by atomic mass is 10.2. The van der Waals surface area contributed by atoms with Crippen LogP contribution < -0.4 is 16.8 Å². The summed E-state index contributed by atoms with van der Waals surface area (Å²) in [6.45, 7) is -0.287. The van der Waals surface area contributed by atoms with Gasteiger partial charge in [0, 0.05) is 16.8 Å². The largest absolute Gasteiger partial charge is 0.384 e. The van der Waals surface area contributed by atoms with Crippen molar-refractivity contribution in [2.45, 2.75) is 0 Å². The molecule has 7 heteroatoms. The Morgan fingerprint density at radius 2 is 1.61 bits per heavy atom. The number of hydrogen-bond donors (Lipinski definition) is 3. The molecule has 2 aromatic rings. The molecule has 2 amide bonds. The average molecular weight is 312 g/mol. The van der Waals surface area contributed by atoms with Crippen LogP contribution in [0.15, 0.2) is 59.8 Å². The van der Waals surface area contributed by atoms with Gasteiger partial charge in [-0.05, 0) is 24.3 Å². The molecule has 2 rings (SSSR count). The van der Waals surface area contributed by atoms with E-state index < -0.39 is 11.8 Å². The van der Waals surface area contributed by atoms with Crippen LogP contribution in [0, 0.1) is 0 Å². The number of nitrogens with two attached hydrogens (primary N) is 2. The van der Waals surface area contributed by atoms with Gasteiger partial charge in [-0.15, -0.1) is 0 Å². The van der Waals surface area contributed by atoms with Gasteiger partial charge in [-0.1, -0.05) is 35.5 Å². The van der Waals surface area contributed by atoms with E-state index in [1.807, 2.05) is 18.2 Å². The van der Waals surface area contributed by atoms with Crippen molar-refractivity contribution in [2.24, 2.45) is 16.6 Å². The Labute approximate surface area is 132 Å². The average Bonchev–Trinajstić information content (AvgIpc) is 2.56. The number of nitrogens with zero attached hydrogens (tertiary/aromatic N) is 1. The first kappa shape index (κ1) is 16.0. The van der Waals surface area contributed by atoms with Crippen LogP contribution >= 0.6 is 0 Å². The highest BCUT2D eigenvalue weighted by Crippen LogP contribution is 2.09. The lowest BCUT2D eigenvalue weighted by Crippen LogP contribution is -2.19. The molecule has 0 aliphatic rings. The molecule has 0 saturated heterocycles. The Kier molecular flexibility index (Phi) is 5.30. The third-order valence-electron chi connectivity index (χ3n) is 2.88. The Morgan fingerprint density at radius 1 is 0.957 bits per heavy atom. The van der Waals surface area contributed by atoms with Crippen LogP contribution in [0.25, 0.3) is 0 Å². The van der Waals surface area contributed by atoms with E-state index in [4.69, 9.17) is 16.3 Å². The molecule has 0 aliphatic heterocycles. The van der Waals surface area contributed by atoms with Crippen molar-refractivity contribution in [3.63, 3.8) is 0 Å². The minimum atomic E-state index is -0.531. The summed E-state index contributed by atoms with van der Waals surface area (Å²) in [6, 6.07) is 15.2. The molecule has 0 spiro atoms. The van der Waals surface area contributed by atoms with Crippen LogP contribution in [-0.2, 0) is 9.63 Å². The number of amides is 2. The fourth-order valence-corrected chi connectivity index (χ4v) is 1.74. The molecule has 0 unspecified atom stereocenters. The summed E-state index contributed by atoms with van der Waals surface area (Å²) < 4.78 is 0. The normalized spacial score (nSPS) is 10.9. The van der Waals surface area contributed by atoms with Gasteiger partial charge < -0.3 is 21.6 Å². The number of carbonyl (C=O) groups is 2. The highest BCUT2D eigenvalue weighted by atomic mass is 16.6. The highest BCUT2D eigenvalue weighted by Gasteiger charge is 2.05. The molecule has 0 bridgehead atoms. The summed E-state index contributed by atoms with van der Waals surface area (Å²) >= 11 is 0. The fourth-order valence-electron chi connectivity index (χ4n) is 1.74. The lowest BCUT2D eigenvalue weighted by molar-refractivity contribution is -0.120. The minimum absolute atomic E-state index is 0.184. The molecule has 2 aromatic carbocycles. The molecule has 0 aromatic heterocycles. The van der Waals surface area contributed by atoms with Gasteiger partial charge in [-0.3, -0.25) is 9.59 Å². The number of rotatable bonds is 6. The second kappa shape index (κ2) is 7.60. The molecule has 23 heavy (non-hydrogen) atoms. The molecule has 0 saturated carbocycles. The number of carbonyl (C=O) groups excluding carboxylic acids is 2. The molecule has 0 aliphatic carbocycles. The van der Waals surface area contributed by atoms with E-state index in [2.05, 4.69) is 10.5 Å². The summed E-state index contributed by atoms with van der Waals surface area (Å²) in [7, 11) is 0. The lowest BCUT2D eigenvalue weighted by Gasteiger charge is -2.05. The standard InChI is InChI=1S/C16H16N4O3/c17-15(11-4-2-1-3-5-11)20-23-10-14(21)19-13-8-6-12(7-9-13)16(18)22/h1-9H,10H2,(H2,17,20)(H2,18,22)(H,19,21). The summed E-state index contributed by atoms with van der Waals surface area (Å²) in [6.07, 6.45) is 0. The molecule has 118 valence electrons. The van der Waals surface area contributed by atoms with Gasteiger partial charge in [0.1, 0.15) is 0 Å². The Morgan fingerprint density at radius 3 is 2.22 bits per heavy atom. The first-order valence-electron chi connectivity index (χ1n) is 6.77. The highest BCUT2D eigenvalue weighted by molar-refractivity contribution is 5.97. The van der Waals surface area contributed by atoms with Crippen LogP contribution in [0.1, 0.15) is 15.9 Å². The summed E-state index contributed by atoms with van der Waals surface area (Å²) in [4.78, 5) is 27.6. The van der Waals surface area contributed by atoms with E-state index in [0.717, 1.165) is 0 Å². The Bertz CT molecular complexity index is 712. The van der Waals surface area contributed by atoms with Gasteiger partial charge in [0.25, 0.3) is 5.91 Å². The van der Waals surface area contributed by atoms with Gasteiger partial charge >= 0.3 is 0 Å². The van der Waals surface area contributed by atoms with Crippen molar-refractivity contribution in [3.05, 3.63) is 65.7 Å². The quantitative estimate of drug-likeness (QED) is 0.419. The van der Waals surface area contributed by atoms with Gasteiger partial charge in [0.05, 0.1) is 0 Å². The SMILES string of the molecule is NC(=O)c1ccc(NC(=O)CO/N=C(/N)c2ccccc2)cc1. The minimum Gasteiger partial charge on any atom is -0.384 e. The maximum Gasteiger partial charge on any atom is 0.265 e. The molecular weight excluding hydrogens is 296 g/mol. The number of hydrogen-bond acceptors (Lipinski definition) is 4. The number of oxime groups is 1. The number of nitrogens with one attached hydrogen (secondary N) is 1. The smallest absolute Gasteiger partial charge is 0.265 e. The summed E-state index contributed by atoms with van der Waals surface area (Å²) in [5, 5.41) is 6.28. The number of amidine groups is 1. The second-order valence-electron chi connectivity index (χ2n) is 4.61. The van der Waals surface area contributed by atoms with E-state index >= 15 is 0 Å². The van der Waals surface area contributed by atoms with Gasteiger partial charge in [0.2, 0.25) is 5.91 Å². The number of benzene rings is 2. The van der Waals surface area contributed by atoms with Crippen LogP contribution in [0.3, 0.4) is 0 Å². The first-order valence-corrected chi connectivity index (χ1v) is 6.77. The van der Waals surface area contributed by atoms with Crippen molar-refractivity contribution < 1.29 is 14.4 Å². The van der Waals surface area contributed by atoms with Gasteiger partial charge in [-0.25, -0.2) is 0 Å². The van der Waals surface area contributed by atoms with Crippen molar-refractivity contribution in [3.8, 4) is 0 Å². The van der Waals surface area contributed by atoms with E-state index in [0.29, 0.717) is 16.8 Å².